The Balaban J connectivity index is 1.70. The highest BCUT2D eigenvalue weighted by atomic mass is 32.2. The molecular formula is C14H17N3O3S. The van der Waals surface area contributed by atoms with Crippen LogP contribution in [-0.4, -0.2) is 37.4 Å². The standard InChI is InChI=1S/C14H17N3O3S/c15-10-1-2-11-12(7-16-13(11)5-10)14(18)17-6-9-3-4-21(19,20)8-9/h1-2,5,7,9,16H,3-4,6,8,15H2,(H,17,18). The van der Waals surface area contributed by atoms with E-state index in [1.807, 2.05) is 0 Å². The average Bonchev–Trinajstić information content (AvgIpc) is 2.98. The summed E-state index contributed by atoms with van der Waals surface area (Å²) >= 11 is 0. The molecule has 1 amide bonds. The first-order valence-corrected chi connectivity index (χ1v) is 8.62. The molecule has 1 fully saturated rings. The number of aromatic amines is 1. The number of rotatable bonds is 3. The monoisotopic (exact) mass is 307 g/mol. The number of amides is 1. The van der Waals surface area contributed by atoms with Crippen molar-refractivity contribution < 1.29 is 13.2 Å². The molecule has 7 heteroatoms. The molecule has 0 spiro atoms. The van der Waals surface area contributed by atoms with Gasteiger partial charge in [-0.1, -0.05) is 0 Å². The molecule has 0 radical (unpaired) electrons. The predicted molar refractivity (Wildman–Crippen MR) is 81.8 cm³/mol. The Morgan fingerprint density at radius 2 is 2.24 bits per heavy atom. The van der Waals surface area contributed by atoms with Crippen LogP contribution in [0.4, 0.5) is 5.69 Å². The van der Waals surface area contributed by atoms with Crippen LogP contribution in [0.15, 0.2) is 24.4 Å². The SMILES string of the molecule is Nc1ccc2c(C(=O)NCC3CCS(=O)(=O)C3)c[nH]c2c1. The Hall–Kier alpha value is -2.02. The Morgan fingerprint density at radius 1 is 1.43 bits per heavy atom. The van der Waals surface area contributed by atoms with Crippen LogP contribution in [0, 0.1) is 5.92 Å². The summed E-state index contributed by atoms with van der Waals surface area (Å²) < 4.78 is 22.8. The fourth-order valence-electron chi connectivity index (χ4n) is 2.70. The van der Waals surface area contributed by atoms with Gasteiger partial charge in [0.25, 0.3) is 5.91 Å². The summed E-state index contributed by atoms with van der Waals surface area (Å²) in [7, 11) is -2.91. The van der Waals surface area contributed by atoms with Gasteiger partial charge >= 0.3 is 0 Å². The highest BCUT2D eigenvalue weighted by molar-refractivity contribution is 7.91. The number of sulfone groups is 1. The second-order valence-corrected chi connectivity index (χ2v) is 7.72. The second-order valence-electron chi connectivity index (χ2n) is 5.49. The maximum Gasteiger partial charge on any atom is 0.253 e. The topological polar surface area (TPSA) is 105 Å². The highest BCUT2D eigenvalue weighted by Crippen LogP contribution is 2.21. The van der Waals surface area contributed by atoms with Gasteiger partial charge in [0.1, 0.15) is 0 Å². The van der Waals surface area contributed by atoms with Gasteiger partial charge in [-0.2, -0.15) is 0 Å². The van der Waals surface area contributed by atoms with Gasteiger partial charge in [-0.15, -0.1) is 0 Å². The molecule has 1 aliphatic heterocycles. The molecule has 2 aromatic rings. The van der Waals surface area contributed by atoms with Crippen LogP contribution in [0.1, 0.15) is 16.8 Å². The van der Waals surface area contributed by atoms with Gasteiger partial charge in [0.05, 0.1) is 17.1 Å². The van der Waals surface area contributed by atoms with Crippen LogP contribution in [-0.2, 0) is 9.84 Å². The van der Waals surface area contributed by atoms with E-state index in [1.165, 1.54) is 0 Å². The van der Waals surface area contributed by atoms with E-state index >= 15 is 0 Å². The maximum atomic E-state index is 12.2. The minimum absolute atomic E-state index is 0.0137. The predicted octanol–water partition coefficient (Wildman–Crippen LogP) is 0.915. The Bertz CT molecular complexity index is 795. The Morgan fingerprint density at radius 3 is 2.95 bits per heavy atom. The second kappa shape index (κ2) is 5.07. The third-order valence-electron chi connectivity index (χ3n) is 3.83. The molecule has 4 N–H and O–H groups in total. The van der Waals surface area contributed by atoms with Gasteiger partial charge in [-0.3, -0.25) is 4.79 Å². The van der Waals surface area contributed by atoms with E-state index in [4.69, 9.17) is 5.73 Å². The van der Waals surface area contributed by atoms with Crippen LogP contribution in [0.25, 0.3) is 10.9 Å². The molecular weight excluding hydrogens is 290 g/mol. The van der Waals surface area contributed by atoms with Crippen LogP contribution in [0.2, 0.25) is 0 Å². The molecule has 6 nitrogen and oxygen atoms in total. The van der Waals surface area contributed by atoms with Crippen molar-refractivity contribution in [3.8, 4) is 0 Å². The summed E-state index contributed by atoms with van der Waals surface area (Å²) in [6.45, 7) is 0.389. The fraction of sp³-hybridized carbons (Fsp3) is 0.357. The molecule has 0 saturated carbocycles. The van der Waals surface area contributed by atoms with Gasteiger partial charge in [-0.05, 0) is 30.5 Å². The zero-order chi connectivity index (χ0) is 15.0. The van der Waals surface area contributed by atoms with Crippen molar-refractivity contribution in [2.45, 2.75) is 6.42 Å². The van der Waals surface area contributed by atoms with Crippen LogP contribution >= 0.6 is 0 Å². The van der Waals surface area contributed by atoms with Gasteiger partial charge < -0.3 is 16.0 Å². The fourth-order valence-corrected chi connectivity index (χ4v) is 4.56. The third kappa shape index (κ3) is 2.87. The lowest BCUT2D eigenvalue weighted by atomic mass is 10.1. The van der Waals surface area contributed by atoms with Gasteiger partial charge in [-0.25, -0.2) is 8.42 Å². The summed E-state index contributed by atoms with van der Waals surface area (Å²) in [6.07, 6.45) is 2.26. The highest BCUT2D eigenvalue weighted by Gasteiger charge is 2.28. The number of hydrogen-bond donors (Lipinski definition) is 3. The molecule has 21 heavy (non-hydrogen) atoms. The van der Waals surface area contributed by atoms with Crippen molar-refractivity contribution in [1.29, 1.82) is 0 Å². The Labute approximate surface area is 122 Å². The summed E-state index contributed by atoms with van der Waals surface area (Å²) in [5, 5.41) is 3.62. The zero-order valence-corrected chi connectivity index (χ0v) is 12.2. The van der Waals surface area contributed by atoms with E-state index in [-0.39, 0.29) is 23.3 Å². The Kier molecular flexibility index (Phi) is 3.36. The van der Waals surface area contributed by atoms with Crippen molar-refractivity contribution in [3.63, 3.8) is 0 Å². The van der Waals surface area contributed by atoms with E-state index in [0.717, 1.165) is 10.9 Å². The minimum atomic E-state index is -2.91. The number of carbonyl (C=O) groups excluding carboxylic acids is 1. The first-order valence-electron chi connectivity index (χ1n) is 6.80. The van der Waals surface area contributed by atoms with Crippen LogP contribution in [0.3, 0.4) is 0 Å². The lowest BCUT2D eigenvalue weighted by Crippen LogP contribution is -2.29. The summed E-state index contributed by atoms with van der Waals surface area (Å²) in [5.41, 5.74) is 7.69. The molecule has 0 aliphatic carbocycles. The lowest BCUT2D eigenvalue weighted by Gasteiger charge is -2.09. The zero-order valence-electron chi connectivity index (χ0n) is 11.4. The number of nitrogens with one attached hydrogen (secondary N) is 2. The minimum Gasteiger partial charge on any atom is -0.399 e. The molecule has 112 valence electrons. The van der Waals surface area contributed by atoms with Crippen molar-refractivity contribution in [2.24, 2.45) is 5.92 Å². The van der Waals surface area contributed by atoms with Crippen molar-refractivity contribution in [2.75, 3.05) is 23.8 Å². The number of benzene rings is 1. The number of nitrogens with two attached hydrogens (primary N) is 1. The third-order valence-corrected chi connectivity index (χ3v) is 5.67. The average molecular weight is 307 g/mol. The number of aromatic nitrogens is 1. The molecule has 1 saturated heterocycles. The van der Waals surface area contributed by atoms with Crippen molar-refractivity contribution in [3.05, 3.63) is 30.0 Å². The smallest absolute Gasteiger partial charge is 0.253 e. The number of H-pyrrole nitrogens is 1. The normalized spacial score (nSPS) is 20.7. The van der Waals surface area contributed by atoms with Gasteiger partial charge in [0.2, 0.25) is 0 Å². The summed E-state index contributed by atoms with van der Waals surface area (Å²) in [6, 6.07) is 5.32. The van der Waals surface area contributed by atoms with Gasteiger partial charge in [0.15, 0.2) is 9.84 Å². The van der Waals surface area contributed by atoms with Crippen LogP contribution < -0.4 is 11.1 Å². The van der Waals surface area contributed by atoms with E-state index in [9.17, 15) is 13.2 Å². The molecule has 1 atom stereocenters. The first kappa shape index (κ1) is 13.9. The molecule has 2 heterocycles. The molecule has 3 rings (SSSR count). The lowest BCUT2D eigenvalue weighted by molar-refractivity contribution is 0.0950. The quantitative estimate of drug-likeness (QED) is 0.733. The molecule has 1 aromatic heterocycles. The van der Waals surface area contributed by atoms with Crippen molar-refractivity contribution in [1.82, 2.24) is 10.3 Å². The number of carbonyl (C=O) groups is 1. The molecule has 0 bridgehead atoms. The van der Waals surface area contributed by atoms with E-state index in [1.54, 1.807) is 24.4 Å². The van der Waals surface area contributed by atoms with E-state index in [2.05, 4.69) is 10.3 Å². The largest absolute Gasteiger partial charge is 0.399 e. The number of nitrogen functional groups attached to an aromatic ring is 1. The molecule has 1 unspecified atom stereocenters. The molecule has 1 aromatic carbocycles. The van der Waals surface area contributed by atoms with E-state index < -0.39 is 9.84 Å². The number of fused-ring (bicyclic) bond motifs is 1. The first-order chi connectivity index (χ1) is 9.94. The number of hydrogen-bond acceptors (Lipinski definition) is 4. The van der Waals surface area contributed by atoms with E-state index in [0.29, 0.717) is 24.2 Å². The van der Waals surface area contributed by atoms with Crippen molar-refractivity contribution >= 4 is 32.3 Å². The summed E-state index contributed by atoms with van der Waals surface area (Å²) in [5.74, 6) is 0.201. The maximum absolute atomic E-state index is 12.2. The summed E-state index contributed by atoms with van der Waals surface area (Å²) in [4.78, 5) is 15.2. The molecule has 1 aliphatic rings. The van der Waals surface area contributed by atoms with Gasteiger partial charge in [0, 0.05) is 29.3 Å². The number of anilines is 1. The van der Waals surface area contributed by atoms with Crippen LogP contribution in [0.5, 0.6) is 0 Å².